The first-order valence-corrected chi connectivity index (χ1v) is 14.8. The van der Waals surface area contributed by atoms with Gasteiger partial charge in [-0.15, -0.1) is 0 Å². The Morgan fingerprint density at radius 3 is 2.29 bits per heavy atom. The molecule has 2 heterocycles. The average molecular weight is 634 g/mol. The van der Waals surface area contributed by atoms with Crippen molar-refractivity contribution in [1.82, 2.24) is 9.29 Å². The molecular weight excluding hydrogens is 613 g/mol. The number of amides is 2. The number of hydrogen-bond donors (Lipinski definition) is 0. The van der Waals surface area contributed by atoms with Gasteiger partial charge >= 0.3 is 0 Å². The molecule has 8 nitrogen and oxygen atoms in total. The van der Waals surface area contributed by atoms with E-state index in [-0.39, 0.29) is 17.9 Å². The number of carbonyl (C=O) groups excluding carboxylic acids is 2. The van der Waals surface area contributed by atoms with Gasteiger partial charge in [-0.3, -0.25) is 9.59 Å². The molecule has 1 aliphatic heterocycles. The lowest BCUT2D eigenvalue weighted by atomic mass is 10.2. The quantitative estimate of drug-likeness (QED) is 0.206. The number of rotatable bonds is 7. The normalized spacial score (nSPS) is 15.8. The first kappa shape index (κ1) is 27.0. The van der Waals surface area contributed by atoms with Crippen LogP contribution in [0.4, 0.5) is 10.1 Å². The van der Waals surface area contributed by atoms with Crippen LogP contribution in [0.5, 0.6) is 0 Å². The van der Waals surface area contributed by atoms with E-state index in [2.05, 4.69) is 20.9 Å². The molecule has 6 rings (SSSR count). The second-order valence-electron chi connectivity index (χ2n) is 9.45. The van der Waals surface area contributed by atoms with Crippen molar-refractivity contribution in [3.8, 4) is 11.5 Å². The predicted octanol–water partition coefficient (Wildman–Crippen LogP) is 5.92. The summed E-state index contributed by atoms with van der Waals surface area (Å²) < 4.78 is 48.7. The Morgan fingerprint density at radius 2 is 1.61 bits per heavy atom. The number of nitrogens with zero attached hydrogens (tertiary/aromatic N) is 3. The Bertz CT molecular complexity index is 1840. The Balaban J connectivity index is 1.32. The summed E-state index contributed by atoms with van der Waals surface area (Å²) >= 11 is 3.30. The van der Waals surface area contributed by atoms with E-state index in [4.69, 9.17) is 4.42 Å². The zero-order chi connectivity index (χ0) is 28.7. The molecule has 0 bridgehead atoms. The number of anilines is 1. The van der Waals surface area contributed by atoms with E-state index in [0.717, 1.165) is 9.21 Å². The summed E-state index contributed by atoms with van der Waals surface area (Å²) in [4.78, 5) is 32.3. The van der Waals surface area contributed by atoms with Crippen molar-refractivity contribution in [2.45, 2.75) is 23.9 Å². The largest absolute Gasteiger partial charge is 0.436 e. The number of sulfonamides is 1. The molecule has 41 heavy (non-hydrogen) atoms. The fraction of sp³-hybridized carbons (Fsp3) is 0.100. The topological polar surface area (TPSA) is 101 Å². The van der Waals surface area contributed by atoms with Crippen molar-refractivity contribution in [3.05, 3.63) is 113 Å². The molecule has 1 saturated heterocycles. The number of carbonyl (C=O) groups is 2. The van der Waals surface area contributed by atoms with Crippen LogP contribution >= 0.6 is 15.9 Å². The van der Waals surface area contributed by atoms with Gasteiger partial charge in [-0.25, -0.2) is 22.7 Å². The highest BCUT2D eigenvalue weighted by molar-refractivity contribution is 9.10. The number of benzene rings is 4. The van der Waals surface area contributed by atoms with E-state index in [1.54, 1.807) is 36.4 Å². The number of aromatic nitrogens is 1. The summed E-state index contributed by atoms with van der Waals surface area (Å²) in [5.41, 5.74) is 2.75. The zero-order valence-electron chi connectivity index (χ0n) is 21.3. The van der Waals surface area contributed by atoms with Gasteiger partial charge in [0.1, 0.15) is 17.4 Å². The van der Waals surface area contributed by atoms with Crippen LogP contribution in [0.2, 0.25) is 0 Å². The van der Waals surface area contributed by atoms with Crippen molar-refractivity contribution in [2.75, 3.05) is 4.90 Å². The SMILES string of the molecule is O=C1CC(N(Cc2ccc(F)cc2)S(=O)(=O)c2ccc(Br)cc2)C(=O)N1c1ccc(-c2nc3ccccc3o2)cc1. The van der Waals surface area contributed by atoms with Gasteiger partial charge in [-0.1, -0.05) is 40.2 Å². The number of imide groups is 1. The molecule has 1 atom stereocenters. The summed E-state index contributed by atoms with van der Waals surface area (Å²) in [5, 5.41) is 0. The Morgan fingerprint density at radius 1 is 0.927 bits per heavy atom. The molecule has 1 unspecified atom stereocenters. The lowest BCUT2D eigenvalue weighted by Gasteiger charge is -2.27. The Kier molecular flexibility index (Phi) is 7.02. The fourth-order valence-electron chi connectivity index (χ4n) is 4.74. The number of oxazole rings is 1. The molecule has 0 radical (unpaired) electrons. The van der Waals surface area contributed by atoms with Crippen LogP contribution in [0, 0.1) is 5.82 Å². The van der Waals surface area contributed by atoms with Gasteiger partial charge in [-0.2, -0.15) is 4.31 Å². The van der Waals surface area contributed by atoms with Crippen molar-refractivity contribution in [3.63, 3.8) is 0 Å². The molecule has 0 saturated carbocycles. The molecular formula is C30H21BrFN3O5S. The minimum atomic E-state index is -4.23. The van der Waals surface area contributed by atoms with Crippen LogP contribution in [0.1, 0.15) is 12.0 Å². The van der Waals surface area contributed by atoms with Crippen molar-refractivity contribution < 1.29 is 26.8 Å². The molecule has 1 fully saturated rings. The molecule has 1 aliphatic rings. The van der Waals surface area contributed by atoms with Gasteiger partial charge in [0.25, 0.3) is 5.91 Å². The molecule has 0 spiro atoms. The minimum Gasteiger partial charge on any atom is -0.436 e. The van der Waals surface area contributed by atoms with Crippen molar-refractivity contribution >= 4 is 54.6 Å². The van der Waals surface area contributed by atoms with Gasteiger partial charge in [0.2, 0.25) is 21.8 Å². The third-order valence-electron chi connectivity index (χ3n) is 6.81. The van der Waals surface area contributed by atoms with E-state index >= 15 is 0 Å². The van der Waals surface area contributed by atoms with E-state index in [0.29, 0.717) is 38.3 Å². The van der Waals surface area contributed by atoms with Gasteiger partial charge in [0, 0.05) is 16.6 Å². The summed E-state index contributed by atoms with van der Waals surface area (Å²) in [6.45, 7) is -0.229. The summed E-state index contributed by atoms with van der Waals surface area (Å²) in [6, 6.07) is 23.9. The maximum atomic E-state index is 13.8. The maximum Gasteiger partial charge on any atom is 0.252 e. The van der Waals surface area contributed by atoms with Crippen molar-refractivity contribution in [2.24, 2.45) is 0 Å². The number of halogens is 2. The first-order chi connectivity index (χ1) is 19.7. The fourth-order valence-corrected chi connectivity index (χ4v) is 6.57. The molecule has 5 aromatic rings. The second-order valence-corrected chi connectivity index (χ2v) is 12.3. The number of fused-ring (bicyclic) bond motifs is 1. The lowest BCUT2D eigenvalue weighted by molar-refractivity contribution is -0.122. The highest BCUT2D eigenvalue weighted by Gasteiger charge is 2.47. The molecule has 2 amide bonds. The van der Waals surface area contributed by atoms with Gasteiger partial charge in [0.05, 0.1) is 17.0 Å². The van der Waals surface area contributed by atoms with Gasteiger partial charge < -0.3 is 4.42 Å². The number of para-hydroxylation sites is 2. The van der Waals surface area contributed by atoms with E-state index in [9.17, 15) is 22.4 Å². The Labute approximate surface area is 243 Å². The first-order valence-electron chi connectivity index (χ1n) is 12.6. The molecule has 11 heteroatoms. The maximum absolute atomic E-state index is 13.8. The average Bonchev–Trinajstić information content (AvgIpc) is 3.53. The van der Waals surface area contributed by atoms with E-state index in [1.165, 1.54) is 36.4 Å². The minimum absolute atomic E-state index is 0.0378. The highest BCUT2D eigenvalue weighted by atomic mass is 79.9. The van der Waals surface area contributed by atoms with Crippen LogP contribution < -0.4 is 4.90 Å². The predicted molar refractivity (Wildman–Crippen MR) is 154 cm³/mol. The number of hydrogen-bond acceptors (Lipinski definition) is 6. The van der Waals surface area contributed by atoms with Gasteiger partial charge in [0.15, 0.2) is 5.58 Å². The van der Waals surface area contributed by atoms with Crippen LogP contribution in [-0.4, -0.2) is 35.6 Å². The van der Waals surface area contributed by atoms with Gasteiger partial charge in [-0.05, 0) is 78.4 Å². The smallest absolute Gasteiger partial charge is 0.252 e. The summed E-state index contributed by atoms with van der Waals surface area (Å²) in [5.74, 6) is -1.30. The zero-order valence-corrected chi connectivity index (χ0v) is 23.7. The monoisotopic (exact) mass is 633 g/mol. The van der Waals surface area contributed by atoms with Crippen LogP contribution in [0.15, 0.2) is 111 Å². The van der Waals surface area contributed by atoms with Crippen LogP contribution in [0.3, 0.4) is 0 Å². The standard InChI is InChI=1S/C30H21BrFN3O5S/c31-21-9-15-24(16-10-21)41(38,39)34(18-19-5-11-22(32)12-6-19)26-17-28(36)35(30(26)37)23-13-7-20(8-14-23)29-33-25-3-1-2-4-27(25)40-29/h1-16,26H,17-18H2. The summed E-state index contributed by atoms with van der Waals surface area (Å²) in [7, 11) is -4.23. The molecule has 0 aliphatic carbocycles. The van der Waals surface area contributed by atoms with E-state index in [1.807, 2.05) is 24.3 Å². The third kappa shape index (κ3) is 5.19. The van der Waals surface area contributed by atoms with Crippen LogP contribution in [-0.2, 0) is 26.2 Å². The second kappa shape index (κ2) is 10.7. The molecule has 4 aromatic carbocycles. The summed E-state index contributed by atoms with van der Waals surface area (Å²) in [6.07, 6.45) is -0.345. The molecule has 0 N–H and O–H groups in total. The Hall–Kier alpha value is -4.19. The van der Waals surface area contributed by atoms with Crippen molar-refractivity contribution in [1.29, 1.82) is 0 Å². The molecule has 206 valence electrons. The van der Waals surface area contributed by atoms with Crippen LogP contribution in [0.25, 0.3) is 22.6 Å². The lowest BCUT2D eigenvalue weighted by Crippen LogP contribution is -2.45. The molecule has 1 aromatic heterocycles. The highest BCUT2D eigenvalue weighted by Crippen LogP contribution is 2.33. The third-order valence-corrected chi connectivity index (χ3v) is 9.21. The van der Waals surface area contributed by atoms with E-state index < -0.39 is 33.7 Å².